The van der Waals surface area contributed by atoms with E-state index in [0.29, 0.717) is 5.02 Å². The van der Waals surface area contributed by atoms with Gasteiger partial charge in [0.05, 0.1) is 32.0 Å². The van der Waals surface area contributed by atoms with Crippen molar-refractivity contribution in [1.82, 2.24) is 4.98 Å². The highest BCUT2D eigenvalue weighted by molar-refractivity contribution is 7.90. The van der Waals surface area contributed by atoms with Gasteiger partial charge in [-0.05, 0) is 36.4 Å². The fraction of sp³-hybridized carbons (Fsp3) is 0.118. The van der Waals surface area contributed by atoms with E-state index < -0.39 is 21.6 Å². The van der Waals surface area contributed by atoms with E-state index in [1.165, 1.54) is 29.6 Å². The Bertz CT molecular complexity index is 1100. The summed E-state index contributed by atoms with van der Waals surface area (Å²) in [6.07, 6.45) is -4.59. The number of hydrogen-bond acceptors (Lipinski definition) is 4. The molecular weight excluding hydrogens is 478 g/mol. The summed E-state index contributed by atoms with van der Waals surface area (Å²) in [7, 11) is -3.67. The molecule has 3 rings (SSSR count). The van der Waals surface area contributed by atoms with Crippen molar-refractivity contribution in [3.8, 4) is 10.6 Å². The molecule has 0 atom stereocenters. The minimum absolute atomic E-state index is 0.0806. The van der Waals surface area contributed by atoms with Crippen molar-refractivity contribution in [1.29, 1.82) is 0 Å². The first-order valence-electron chi connectivity index (χ1n) is 7.47. The molecule has 0 spiro atoms. The first-order chi connectivity index (χ1) is 13.0. The maximum absolute atomic E-state index is 12.9. The maximum atomic E-state index is 12.9. The van der Waals surface area contributed by atoms with Crippen LogP contribution in [0.2, 0.25) is 15.1 Å². The van der Waals surface area contributed by atoms with Crippen molar-refractivity contribution in [2.75, 3.05) is 0 Å². The van der Waals surface area contributed by atoms with E-state index in [-0.39, 0.29) is 37.0 Å². The smallest absolute Gasteiger partial charge is 0.240 e. The van der Waals surface area contributed by atoms with Crippen molar-refractivity contribution >= 4 is 56.0 Å². The summed E-state index contributed by atoms with van der Waals surface area (Å²) < 4.78 is 63.5. The van der Waals surface area contributed by atoms with Gasteiger partial charge in [0.15, 0.2) is 9.84 Å². The topological polar surface area (TPSA) is 47.0 Å². The minimum Gasteiger partial charge on any atom is -0.240 e. The zero-order valence-electron chi connectivity index (χ0n) is 13.6. The van der Waals surface area contributed by atoms with Gasteiger partial charge in [-0.15, -0.1) is 11.3 Å². The van der Waals surface area contributed by atoms with Gasteiger partial charge in [0, 0.05) is 16.0 Å². The lowest BCUT2D eigenvalue weighted by molar-refractivity contribution is -0.137. The van der Waals surface area contributed by atoms with Gasteiger partial charge in [0.2, 0.25) is 0 Å². The molecular formula is C17H9Cl3F3NO2S2. The molecule has 1 heterocycles. The van der Waals surface area contributed by atoms with Crippen LogP contribution in [0.5, 0.6) is 0 Å². The second-order valence-electron chi connectivity index (χ2n) is 5.67. The number of aromatic nitrogens is 1. The Morgan fingerprint density at radius 3 is 2.11 bits per heavy atom. The molecule has 0 saturated heterocycles. The second-order valence-corrected chi connectivity index (χ2v) is 9.77. The summed E-state index contributed by atoms with van der Waals surface area (Å²) in [6, 6.07) is 7.21. The van der Waals surface area contributed by atoms with Crippen LogP contribution in [0.25, 0.3) is 10.6 Å². The third-order valence-corrected chi connectivity index (χ3v) is 7.07. The van der Waals surface area contributed by atoms with Crippen LogP contribution in [0.15, 0.2) is 46.7 Å². The van der Waals surface area contributed by atoms with E-state index in [4.69, 9.17) is 34.8 Å². The molecule has 3 nitrogen and oxygen atoms in total. The van der Waals surface area contributed by atoms with Crippen LogP contribution >= 0.6 is 46.1 Å². The van der Waals surface area contributed by atoms with Crippen LogP contribution in [-0.4, -0.2) is 13.4 Å². The monoisotopic (exact) mass is 485 g/mol. The Labute approximate surface area is 177 Å². The average molecular weight is 487 g/mol. The Kier molecular flexibility index (Phi) is 5.99. The van der Waals surface area contributed by atoms with Gasteiger partial charge in [-0.2, -0.15) is 13.2 Å². The molecule has 148 valence electrons. The van der Waals surface area contributed by atoms with E-state index in [0.717, 1.165) is 23.5 Å². The standard InChI is InChI=1S/C17H9Cl3F3NO2S2/c18-10-1-3-12(4-2-10)28(25,26)8-11-7-27-16(24-11)15-13(19)5-9(6-14(15)20)17(21,22)23/h1-7H,8H2. The third-order valence-electron chi connectivity index (χ3n) is 3.65. The highest BCUT2D eigenvalue weighted by atomic mass is 35.5. The van der Waals surface area contributed by atoms with Crippen molar-refractivity contribution in [3.63, 3.8) is 0 Å². The van der Waals surface area contributed by atoms with Crippen LogP contribution in [0.3, 0.4) is 0 Å². The SMILES string of the molecule is O=S(=O)(Cc1csc(-c2c(Cl)cc(C(F)(F)F)cc2Cl)n1)c1ccc(Cl)cc1. The first-order valence-corrected chi connectivity index (χ1v) is 11.1. The van der Waals surface area contributed by atoms with Gasteiger partial charge < -0.3 is 0 Å². The molecule has 0 bridgehead atoms. The molecule has 0 radical (unpaired) electrons. The lowest BCUT2D eigenvalue weighted by Gasteiger charge is -2.10. The van der Waals surface area contributed by atoms with Gasteiger partial charge in [0.1, 0.15) is 5.01 Å². The molecule has 0 fully saturated rings. The number of nitrogens with zero attached hydrogens (tertiary/aromatic N) is 1. The summed E-state index contributed by atoms with van der Waals surface area (Å²) in [5.74, 6) is -0.388. The molecule has 0 N–H and O–H groups in total. The zero-order valence-corrected chi connectivity index (χ0v) is 17.5. The molecule has 0 saturated carbocycles. The van der Waals surface area contributed by atoms with Crippen molar-refractivity contribution in [3.05, 3.63) is 68.1 Å². The van der Waals surface area contributed by atoms with Crippen LogP contribution in [0, 0.1) is 0 Å². The highest BCUT2D eigenvalue weighted by Crippen LogP contribution is 2.41. The molecule has 0 aliphatic heterocycles. The largest absolute Gasteiger partial charge is 0.416 e. The van der Waals surface area contributed by atoms with E-state index in [1.807, 2.05) is 0 Å². The summed E-state index contributed by atoms with van der Waals surface area (Å²) >= 11 is 18.8. The average Bonchev–Trinajstić information content (AvgIpc) is 3.01. The molecule has 28 heavy (non-hydrogen) atoms. The molecule has 0 unspecified atom stereocenters. The van der Waals surface area contributed by atoms with E-state index in [1.54, 1.807) is 0 Å². The molecule has 2 aromatic carbocycles. The Morgan fingerprint density at radius 1 is 1.00 bits per heavy atom. The summed E-state index contributed by atoms with van der Waals surface area (Å²) in [6.45, 7) is 0. The Morgan fingerprint density at radius 2 is 1.57 bits per heavy atom. The molecule has 1 aromatic heterocycles. The van der Waals surface area contributed by atoms with Crippen molar-refractivity contribution in [2.24, 2.45) is 0 Å². The molecule has 0 aliphatic carbocycles. The number of rotatable bonds is 4. The summed E-state index contributed by atoms with van der Waals surface area (Å²) in [4.78, 5) is 4.27. The normalized spacial score (nSPS) is 12.4. The van der Waals surface area contributed by atoms with E-state index >= 15 is 0 Å². The maximum Gasteiger partial charge on any atom is 0.416 e. The number of halogens is 6. The lowest BCUT2D eigenvalue weighted by atomic mass is 10.1. The summed E-state index contributed by atoms with van der Waals surface area (Å²) in [5, 5.41) is 1.68. The predicted molar refractivity (Wildman–Crippen MR) is 105 cm³/mol. The second kappa shape index (κ2) is 7.84. The zero-order chi connectivity index (χ0) is 20.7. The predicted octanol–water partition coefficient (Wildman–Crippen LogP) is 6.76. The fourth-order valence-corrected chi connectivity index (χ4v) is 5.50. The first kappa shape index (κ1) is 21.4. The van der Waals surface area contributed by atoms with Crippen LogP contribution in [0.4, 0.5) is 13.2 Å². The lowest BCUT2D eigenvalue weighted by Crippen LogP contribution is -2.05. The number of hydrogen-bond donors (Lipinski definition) is 0. The number of alkyl halides is 3. The molecule has 0 aliphatic rings. The van der Waals surface area contributed by atoms with Gasteiger partial charge in [-0.3, -0.25) is 0 Å². The third kappa shape index (κ3) is 4.63. The summed E-state index contributed by atoms with van der Waals surface area (Å²) in [5.41, 5.74) is -0.633. The number of sulfone groups is 1. The minimum atomic E-state index is -4.59. The van der Waals surface area contributed by atoms with E-state index in [9.17, 15) is 21.6 Å². The number of benzene rings is 2. The molecule has 11 heteroatoms. The van der Waals surface area contributed by atoms with E-state index in [2.05, 4.69) is 4.98 Å². The Hall–Kier alpha value is -1.32. The highest BCUT2D eigenvalue weighted by Gasteiger charge is 2.32. The molecule has 3 aromatic rings. The van der Waals surface area contributed by atoms with Crippen LogP contribution in [-0.2, 0) is 21.8 Å². The van der Waals surface area contributed by atoms with Crippen LogP contribution in [0.1, 0.15) is 11.3 Å². The Balaban J connectivity index is 1.92. The van der Waals surface area contributed by atoms with Crippen LogP contribution < -0.4 is 0 Å². The van der Waals surface area contributed by atoms with Crippen molar-refractivity contribution < 1.29 is 21.6 Å². The van der Waals surface area contributed by atoms with Gasteiger partial charge in [0.25, 0.3) is 0 Å². The number of thiazole rings is 1. The fourth-order valence-electron chi connectivity index (χ4n) is 2.35. The van der Waals surface area contributed by atoms with Gasteiger partial charge >= 0.3 is 6.18 Å². The van der Waals surface area contributed by atoms with Crippen molar-refractivity contribution in [2.45, 2.75) is 16.8 Å². The quantitative estimate of drug-likeness (QED) is 0.409. The molecule has 0 amide bonds. The van der Waals surface area contributed by atoms with Gasteiger partial charge in [-0.25, -0.2) is 13.4 Å². The van der Waals surface area contributed by atoms with Gasteiger partial charge in [-0.1, -0.05) is 34.8 Å².